The number of carbonyl (C=O) groups is 3. The number of alkyl halides is 6. The Morgan fingerprint density at radius 3 is 2.15 bits per heavy atom. The molecule has 18 heteroatoms. The molecule has 0 bridgehead atoms. The Hall–Kier alpha value is -4.45. The number of amides is 2. The number of aromatic nitrogens is 2. The number of carboxylic acids is 2. The molecule has 1 aliphatic heterocycles. The molecule has 2 amide bonds. The number of methoxy groups -OCH3 is 1. The first kappa shape index (κ1) is 37.7. The van der Waals surface area contributed by atoms with Crippen LogP contribution in [0.5, 0.6) is 5.75 Å². The molecule has 46 heavy (non-hydrogen) atoms. The van der Waals surface area contributed by atoms with Crippen molar-refractivity contribution < 1.29 is 55.7 Å². The minimum Gasteiger partial charge on any atom is -0.497 e. The number of nitrogens with one attached hydrogen (secondary N) is 3. The summed E-state index contributed by atoms with van der Waals surface area (Å²) in [7, 11) is 1.63. The maximum Gasteiger partial charge on any atom is 0.490 e. The number of nitrogens with zero attached hydrogens (tertiary/aromatic N) is 2. The van der Waals surface area contributed by atoms with Crippen LogP contribution < -0.4 is 15.4 Å². The monoisotopic (exact) mass is 679 g/mol. The fourth-order valence-electron chi connectivity index (χ4n) is 3.76. The van der Waals surface area contributed by atoms with E-state index in [0.29, 0.717) is 6.54 Å². The first-order valence-electron chi connectivity index (χ1n) is 13.4. The molecule has 0 spiro atoms. The fourth-order valence-corrected chi connectivity index (χ4v) is 4.81. The Morgan fingerprint density at radius 2 is 1.61 bits per heavy atom. The molecule has 1 aliphatic rings. The first-order chi connectivity index (χ1) is 21.6. The third-order valence-corrected chi connectivity index (χ3v) is 7.03. The number of H-pyrrole nitrogens is 1. The maximum absolute atomic E-state index is 12.6. The number of anilines is 1. The number of hydrogen-bond donors (Lipinski definition) is 5. The summed E-state index contributed by atoms with van der Waals surface area (Å²) in [5.74, 6) is -3.76. The quantitative estimate of drug-likeness (QED) is 0.138. The number of aromatic amines is 1. The zero-order valence-electron chi connectivity index (χ0n) is 24.2. The van der Waals surface area contributed by atoms with Crippen LogP contribution in [-0.4, -0.2) is 88.1 Å². The van der Waals surface area contributed by atoms with Crippen molar-refractivity contribution in [2.24, 2.45) is 0 Å². The number of carbonyl (C=O) groups excluding carboxylic acids is 1. The molecular formula is C28H31F6N5O6S. The van der Waals surface area contributed by atoms with Crippen molar-refractivity contribution in [2.45, 2.75) is 36.6 Å². The van der Waals surface area contributed by atoms with Gasteiger partial charge in [-0.3, -0.25) is 5.10 Å². The van der Waals surface area contributed by atoms with Crippen molar-refractivity contribution in [1.29, 1.82) is 0 Å². The summed E-state index contributed by atoms with van der Waals surface area (Å²) >= 11 is 1.78. The van der Waals surface area contributed by atoms with E-state index in [1.807, 2.05) is 48.8 Å². The Morgan fingerprint density at radius 1 is 0.978 bits per heavy atom. The Bertz CT molecular complexity index is 1390. The molecule has 2 heterocycles. The van der Waals surface area contributed by atoms with Crippen molar-refractivity contribution in [2.75, 3.05) is 37.8 Å². The van der Waals surface area contributed by atoms with Crippen LogP contribution in [0.3, 0.4) is 0 Å². The lowest BCUT2D eigenvalue weighted by Crippen LogP contribution is -2.28. The van der Waals surface area contributed by atoms with Gasteiger partial charge in [-0.25, -0.2) is 14.4 Å². The van der Waals surface area contributed by atoms with E-state index in [0.717, 1.165) is 45.3 Å². The lowest BCUT2D eigenvalue weighted by molar-refractivity contribution is -0.193. The Balaban J connectivity index is 0.000000440. The van der Waals surface area contributed by atoms with Crippen molar-refractivity contribution >= 4 is 35.4 Å². The highest BCUT2D eigenvalue weighted by atomic mass is 32.2. The molecule has 1 fully saturated rings. The highest BCUT2D eigenvalue weighted by Crippen LogP contribution is 2.32. The van der Waals surface area contributed by atoms with E-state index in [9.17, 15) is 31.1 Å². The number of hydrogen-bond acceptors (Lipinski definition) is 7. The highest BCUT2D eigenvalue weighted by Gasteiger charge is 2.38. The second kappa shape index (κ2) is 17.9. The van der Waals surface area contributed by atoms with E-state index in [1.54, 1.807) is 18.9 Å². The van der Waals surface area contributed by atoms with Crippen LogP contribution in [0.15, 0.2) is 59.8 Å². The summed E-state index contributed by atoms with van der Waals surface area (Å²) < 4.78 is 68.7. The highest BCUT2D eigenvalue weighted by molar-refractivity contribution is 7.99. The summed E-state index contributed by atoms with van der Waals surface area (Å²) in [4.78, 5) is 34.0. The van der Waals surface area contributed by atoms with E-state index < -0.39 is 24.3 Å². The molecule has 3 aromatic rings. The average Bonchev–Trinajstić information content (AvgIpc) is 3.72. The summed E-state index contributed by atoms with van der Waals surface area (Å²) in [6.07, 6.45) is -3.90. The van der Waals surface area contributed by atoms with E-state index >= 15 is 0 Å². The van der Waals surface area contributed by atoms with Crippen molar-refractivity contribution in [1.82, 2.24) is 20.4 Å². The number of carboxylic acid groups (broad SMARTS) is 2. The first-order valence-corrected chi connectivity index (χ1v) is 14.3. The second-order valence-electron chi connectivity index (χ2n) is 9.36. The van der Waals surface area contributed by atoms with Crippen molar-refractivity contribution in [3.05, 3.63) is 60.4 Å². The molecule has 252 valence electrons. The van der Waals surface area contributed by atoms with Crippen LogP contribution in [0.2, 0.25) is 0 Å². The van der Waals surface area contributed by atoms with Gasteiger partial charge in [0.1, 0.15) is 5.75 Å². The molecular weight excluding hydrogens is 648 g/mol. The molecule has 11 nitrogen and oxygen atoms in total. The van der Waals surface area contributed by atoms with Gasteiger partial charge < -0.3 is 30.5 Å². The summed E-state index contributed by atoms with van der Waals surface area (Å²) in [6.45, 7) is 3.86. The number of aliphatic carboxylic acids is 2. The van der Waals surface area contributed by atoms with Gasteiger partial charge in [-0.1, -0.05) is 18.2 Å². The lowest BCUT2D eigenvalue weighted by Gasteiger charge is -2.16. The topological polar surface area (TPSA) is 157 Å². The molecule has 2 aromatic carbocycles. The standard InChI is InChI=1S/C24H29N5O2S.2C2HF3O2/c1-31-21-6-4-5-18(13-21)15-25-24(30)28-22-8-7-19(20-16-26-27-17-20)14-23(22)32-12-11-29-9-2-3-10-29;2*3-2(4,5)1(6)7/h4-8,13-14,16-17H,2-3,9-12,15H2,1H3,(H,26,27)(H2,25,28,30);2*(H,6,7). The van der Waals surface area contributed by atoms with Gasteiger partial charge in [0, 0.05) is 35.5 Å². The minimum absolute atomic E-state index is 0.231. The molecule has 0 atom stereocenters. The second-order valence-corrected chi connectivity index (χ2v) is 10.5. The molecule has 0 unspecified atom stereocenters. The van der Waals surface area contributed by atoms with Gasteiger partial charge in [-0.2, -0.15) is 31.4 Å². The minimum atomic E-state index is -5.08. The molecule has 4 rings (SSSR count). The summed E-state index contributed by atoms with van der Waals surface area (Å²) in [6, 6.07) is 13.5. The van der Waals surface area contributed by atoms with Gasteiger partial charge >= 0.3 is 30.3 Å². The zero-order chi connectivity index (χ0) is 34.3. The SMILES string of the molecule is COc1cccc(CNC(=O)Nc2ccc(-c3cn[nH]c3)cc2SCCN2CCCC2)c1.O=C(O)C(F)(F)F.O=C(O)C(F)(F)F. The number of rotatable bonds is 9. The number of ether oxygens (including phenoxy) is 1. The van der Waals surface area contributed by atoms with Gasteiger partial charge in [-0.05, 0) is 61.3 Å². The number of likely N-dealkylation sites (tertiary alicyclic amines) is 1. The predicted octanol–water partition coefficient (Wildman–Crippen LogP) is 5.86. The van der Waals surface area contributed by atoms with Crippen molar-refractivity contribution in [3.63, 3.8) is 0 Å². The third-order valence-electron chi connectivity index (χ3n) is 6.00. The van der Waals surface area contributed by atoms with Gasteiger partial charge in [0.2, 0.25) is 0 Å². The van der Waals surface area contributed by atoms with Gasteiger partial charge in [-0.15, -0.1) is 11.8 Å². The van der Waals surface area contributed by atoms with Gasteiger partial charge in [0.05, 0.1) is 19.0 Å². The van der Waals surface area contributed by atoms with Gasteiger partial charge in [0.25, 0.3) is 0 Å². The number of thioether (sulfide) groups is 1. The van der Waals surface area contributed by atoms with Crippen LogP contribution in [0.4, 0.5) is 36.8 Å². The zero-order valence-corrected chi connectivity index (χ0v) is 25.1. The maximum atomic E-state index is 12.6. The van der Waals surface area contributed by atoms with E-state index in [4.69, 9.17) is 24.5 Å². The van der Waals surface area contributed by atoms with Gasteiger partial charge in [0.15, 0.2) is 0 Å². The Labute approximate surface area is 263 Å². The molecule has 1 saturated heterocycles. The lowest BCUT2D eigenvalue weighted by atomic mass is 10.1. The molecule has 0 radical (unpaired) electrons. The molecule has 0 aliphatic carbocycles. The smallest absolute Gasteiger partial charge is 0.490 e. The van der Waals surface area contributed by atoms with E-state index in [2.05, 4.69) is 31.8 Å². The largest absolute Gasteiger partial charge is 0.497 e. The number of halogens is 6. The predicted molar refractivity (Wildman–Crippen MR) is 157 cm³/mol. The molecule has 0 saturated carbocycles. The van der Waals surface area contributed by atoms with E-state index in [1.165, 1.54) is 25.9 Å². The Kier molecular flexibility index (Phi) is 14.7. The van der Waals surface area contributed by atoms with Crippen LogP contribution in [-0.2, 0) is 16.1 Å². The number of urea groups is 1. The number of benzene rings is 2. The summed E-state index contributed by atoms with van der Waals surface area (Å²) in [5, 5.41) is 27.1. The van der Waals surface area contributed by atoms with Crippen molar-refractivity contribution in [3.8, 4) is 16.9 Å². The normalized spacial score (nSPS) is 13.0. The summed E-state index contributed by atoms with van der Waals surface area (Å²) in [5.41, 5.74) is 3.90. The van der Waals surface area contributed by atoms with Crippen LogP contribution in [0, 0.1) is 0 Å². The third kappa shape index (κ3) is 13.7. The van der Waals surface area contributed by atoms with Crippen LogP contribution in [0.1, 0.15) is 18.4 Å². The van der Waals surface area contributed by atoms with Crippen LogP contribution in [0.25, 0.3) is 11.1 Å². The fraction of sp³-hybridized carbons (Fsp3) is 0.357. The van der Waals surface area contributed by atoms with E-state index in [-0.39, 0.29) is 6.03 Å². The average molecular weight is 680 g/mol. The molecule has 1 aromatic heterocycles. The molecule has 5 N–H and O–H groups in total. The van der Waals surface area contributed by atoms with Crippen LogP contribution >= 0.6 is 11.8 Å².